The highest BCUT2D eigenvalue weighted by Gasteiger charge is 2.17. The van der Waals surface area contributed by atoms with Gasteiger partial charge in [-0.2, -0.15) is 0 Å². The highest BCUT2D eigenvalue weighted by molar-refractivity contribution is 6.33. The predicted molar refractivity (Wildman–Crippen MR) is 109 cm³/mol. The molecule has 0 N–H and O–H groups in total. The van der Waals surface area contributed by atoms with E-state index in [-0.39, 0.29) is 0 Å². The maximum Gasteiger partial charge on any atom is 0.249 e. The van der Waals surface area contributed by atoms with Crippen LogP contribution in [0.2, 0.25) is 5.02 Å². The summed E-state index contributed by atoms with van der Waals surface area (Å²) in [5.74, 6) is 1.97. The van der Waals surface area contributed by atoms with Crippen molar-refractivity contribution in [2.75, 3.05) is 6.54 Å². The van der Waals surface area contributed by atoms with Crippen molar-refractivity contribution in [3.05, 3.63) is 71.4 Å². The standard InChI is InChI=1S/C21H20ClN5O2/c1-2-12-27(13-18-23-25-20(28-18)15-8-4-3-5-9-15)14-19-24-26-21(29-19)16-10-6-7-11-17(16)22/h3-11H,2,12-14H2,1H3. The molecule has 7 nitrogen and oxygen atoms in total. The topological polar surface area (TPSA) is 81.1 Å². The van der Waals surface area contributed by atoms with Gasteiger partial charge in [-0.05, 0) is 37.2 Å². The molecule has 0 saturated carbocycles. The molecule has 0 saturated heterocycles. The Hall–Kier alpha value is -3.03. The summed E-state index contributed by atoms with van der Waals surface area (Å²) >= 11 is 6.22. The highest BCUT2D eigenvalue weighted by atomic mass is 35.5. The quantitative estimate of drug-likeness (QED) is 0.411. The summed E-state index contributed by atoms with van der Waals surface area (Å²) < 4.78 is 11.7. The van der Waals surface area contributed by atoms with Gasteiger partial charge in [0.25, 0.3) is 0 Å². The van der Waals surface area contributed by atoms with Crippen LogP contribution in [-0.2, 0) is 13.1 Å². The van der Waals surface area contributed by atoms with E-state index >= 15 is 0 Å². The number of hydrogen-bond acceptors (Lipinski definition) is 7. The molecule has 4 rings (SSSR count). The zero-order valence-electron chi connectivity index (χ0n) is 16.0. The molecule has 0 spiro atoms. The lowest BCUT2D eigenvalue weighted by Gasteiger charge is -2.17. The van der Waals surface area contributed by atoms with E-state index in [1.54, 1.807) is 6.07 Å². The van der Waals surface area contributed by atoms with E-state index in [0.717, 1.165) is 24.1 Å². The molecule has 4 aromatic rings. The van der Waals surface area contributed by atoms with Crippen LogP contribution < -0.4 is 0 Å². The monoisotopic (exact) mass is 409 g/mol. The molecule has 0 amide bonds. The second kappa shape index (κ2) is 8.98. The van der Waals surface area contributed by atoms with Crippen molar-refractivity contribution in [3.63, 3.8) is 0 Å². The summed E-state index contributed by atoms with van der Waals surface area (Å²) in [6, 6.07) is 17.1. The van der Waals surface area contributed by atoms with E-state index in [0.29, 0.717) is 41.7 Å². The van der Waals surface area contributed by atoms with Gasteiger partial charge in [-0.3, -0.25) is 4.90 Å². The Bertz CT molecular complexity index is 1060. The van der Waals surface area contributed by atoms with Crippen LogP contribution in [0.4, 0.5) is 0 Å². The molecule has 0 aliphatic carbocycles. The molecule has 0 radical (unpaired) electrons. The number of halogens is 1. The third-order valence-electron chi connectivity index (χ3n) is 4.32. The van der Waals surface area contributed by atoms with Crippen LogP contribution in [0.15, 0.2) is 63.4 Å². The summed E-state index contributed by atoms with van der Waals surface area (Å²) in [4.78, 5) is 2.13. The van der Waals surface area contributed by atoms with Crippen molar-refractivity contribution >= 4 is 11.6 Å². The van der Waals surface area contributed by atoms with Crippen LogP contribution in [-0.4, -0.2) is 31.8 Å². The molecular weight excluding hydrogens is 390 g/mol. The smallest absolute Gasteiger partial charge is 0.249 e. The van der Waals surface area contributed by atoms with Crippen LogP contribution in [0.25, 0.3) is 22.9 Å². The van der Waals surface area contributed by atoms with Crippen molar-refractivity contribution < 1.29 is 8.83 Å². The number of aromatic nitrogens is 4. The maximum atomic E-state index is 6.22. The van der Waals surface area contributed by atoms with Gasteiger partial charge in [-0.15, -0.1) is 20.4 Å². The fourth-order valence-electron chi connectivity index (χ4n) is 2.99. The summed E-state index contributed by atoms with van der Waals surface area (Å²) in [6.45, 7) is 3.91. The molecule has 2 heterocycles. The number of hydrogen-bond donors (Lipinski definition) is 0. The first-order valence-corrected chi connectivity index (χ1v) is 9.78. The van der Waals surface area contributed by atoms with Gasteiger partial charge in [0.1, 0.15) is 0 Å². The van der Waals surface area contributed by atoms with Gasteiger partial charge in [0.05, 0.1) is 23.7 Å². The molecule has 2 aromatic heterocycles. The molecule has 0 unspecified atom stereocenters. The van der Waals surface area contributed by atoms with E-state index in [4.69, 9.17) is 20.4 Å². The van der Waals surface area contributed by atoms with Gasteiger partial charge < -0.3 is 8.83 Å². The minimum atomic E-state index is 0.409. The molecule has 29 heavy (non-hydrogen) atoms. The molecular formula is C21H20ClN5O2. The SMILES string of the molecule is CCCN(Cc1nnc(-c2ccccc2)o1)Cc1nnc(-c2ccccc2Cl)o1. The largest absolute Gasteiger partial charge is 0.419 e. The van der Waals surface area contributed by atoms with Crippen molar-refractivity contribution in [2.45, 2.75) is 26.4 Å². The van der Waals surface area contributed by atoms with Crippen molar-refractivity contribution in [1.29, 1.82) is 0 Å². The van der Waals surface area contributed by atoms with Crippen LogP contribution in [0.1, 0.15) is 25.1 Å². The summed E-state index contributed by atoms with van der Waals surface area (Å²) in [5, 5.41) is 17.2. The van der Waals surface area contributed by atoms with Gasteiger partial charge >= 0.3 is 0 Å². The van der Waals surface area contributed by atoms with Gasteiger partial charge in [-0.1, -0.05) is 48.9 Å². The second-order valence-corrected chi connectivity index (χ2v) is 6.97. The lowest BCUT2D eigenvalue weighted by Crippen LogP contribution is -2.24. The zero-order chi connectivity index (χ0) is 20.1. The molecule has 0 aliphatic heterocycles. The van der Waals surface area contributed by atoms with Crippen molar-refractivity contribution in [2.24, 2.45) is 0 Å². The molecule has 148 valence electrons. The number of benzene rings is 2. The maximum absolute atomic E-state index is 6.22. The molecule has 0 fully saturated rings. The summed E-state index contributed by atoms with van der Waals surface area (Å²) in [7, 11) is 0. The summed E-state index contributed by atoms with van der Waals surface area (Å²) in [5.41, 5.74) is 1.62. The number of rotatable bonds is 8. The molecule has 2 aromatic carbocycles. The predicted octanol–water partition coefficient (Wildman–Crippen LogP) is 4.85. The zero-order valence-corrected chi connectivity index (χ0v) is 16.7. The van der Waals surface area contributed by atoms with E-state index in [1.165, 1.54) is 0 Å². The molecule has 0 atom stereocenters. The lowest BCUT2D eigenvalue weighted by molar-refractivity contribution is 0.211. The van der Waals surface area contributed by atoms with Crippen LogP contribution in [0, 0.1) is 0 Å². The fourth-order valence-corrected chi connectivity index (χ4v) is 3.21. The van der Waals surface area contributed by atoms with Gasteiger partial charge in [0.2, 0.25) is 23.6 Å². The van der Waals surface area contributed by atoms with Gasteiger partial charge in [0, 0.05) is 5.56 Å². The Labute approximate surface area is 173 Å². The van der Waals surface area contributed by atoms with Crippen molar-refractivity contribution in [3.8, 4) is 22.9 Å². The lowest BCUT2D eigenvalue weighted by atomic mass is 10.2. The minimum absolute atomic E-state index is 0.409. The fraction of sp³-hybridized carbons (Fsp3) is 0.238. The van der Waals surface area contributed by atoms with E-state index in [1.807, 2.05) is 48.5 Å². The average Bonchev–Trinajstić information content (AvgIpc) is 3.39. The van der Waals surface area contributed by atoms with Crippen LogP contribution in [0.3, 0.4) is 0 Å². The highest BCUT2D eigenvalue weighted by Crippen LogP contribution is 2.26. The van der Waals surface area contributed by atoms with E-state index in [2.05, 4.69) is 32.2 Å². The molecule has 0 aliphatic rings. The normalized spacial score (nSPS) is 11.3. The third kappa shape index (κ3) is 4.70. The Kier molecular flexibility index (Phi) is 5.97. The first kappa shape index (κ1) is 19.3. The Balaban J connectivity index is 1.46. The third-order valence-corrected chi connectivity index (χ3v) is 4.65. The Morgan fingerprint density at radius 2 is 1.41 bits per heavy atom. The first-order chi connectivity index (χ1) is 14.2. The van der Waals surface area contributed by atoms with Crippen molar-refractivity contribution in [1.82, 2.24) is 25.3 Å². The molecule has 0 bridgehead atoms. The van der Waals surface area contributed by atoms with Gasteiger partial charge in [-0.25, -0.2) is 0 Å². The average molecular weight is 410 g/mol. The number of nitrogens with zero attached hydrogens (tertiary/aromatic N) is 5. The van der Waals surface area contributed by atoms with E-state index in [9.17, 15) is 0 Å². The Morgan fingerprint density at radius 3 is 2.10 bits per heavy atom. The van der Waals surface area contributed by atoms with Gasteiger partial charge in [0.15, 0.2) is 0 Å². The summed E-state index contributed by atoms with van der Waals surface area (Å²) in [6.07, 6.45) is 0.963. The molecule has 8 heteroatoms. The van der Waals surface area contributed by atoms with Crippen LogP contribution >= 0.6 is 11.6 Å². The van der Waals surface area contributed by atoms with Crippen LogP contribution in [0.5, 0.6) is 0 Å². The van der Waals surface area contributed by atoms with E-state index < -0.39 is 0 Å². The first-order valence-electron chi connectivity index (χ1n) is 9.40. The Morgan fingerprint density at radius 1 is 0.793 bits per heavy atom. The minimum Gasteiger partial charge on any atom is -0.419 e. The second-order valence-electron chi connectivity index (χ2n) is 6.56.